The third-order valence-corrected chi connectivity index (χ3v) is 5.48. The van der Waals surface area contributed by atoms with Crippen molar-refractivity contribution in [1.29, 1.82) is 0 Å². The van der Waals surface area contributed by atoms with Crippen LogP contribution in [0, 0.1) is 0 Å². The molecule has 0 aromatic rings. The standard InChI is InChI=1S/C17H33F2N3/c1-5-9-21-10-8-16(17(18,19)13-21)20(4)15-6-11-22(12-7-15)14(2)3/h14-16H,5-13H2,1-4H3. The number of hydrogen-bond acceptors (Lipinski definition) is 3. The summed E-state index contributed by atoms with van der Waals surface area (Å²) < 4.78 is 29.1. The quantitative estimate of drug-likeness (QED) is 0.772. The van der Waals surface area contributed by atoms with E-state index < -0.39 is 12.0 Å². The van der Waals surface area contributed by atoms with Crippen LogP contribution >= 0.6 is 0 Å². The number of piperidine rings is 2. The van der Waals surface area contributed by atoms with E-state index in [1.54, 1.807) is 0 Å². The van der Waals surface area contributed by atoms with Gasteiger partial charge in [0.05, 0.1) is 12.6 Å². The summed E-state index contributed by atoms with van der Waals surface area (Å²) >= 11 is 0. The molecule has 0 aromatic heterocycles. The molecule has 0 saturated carbocycles. The van der Waals surface area contributed by atoms with Gasteiger partial charge in [0.1, 0.15) is 0 Å². The van der Waals surface area contributed by atoms with E-state index in [9.17, 15) is 8.78 Å². The van der Waals surface area contributed by atoms with E-state index in [1.807, 2.05) is 16.8 Å². The molecule has 0 spiro atoms. The van der Waals surface area contributed by atoms with Crippen molar-refractivity contribution in [3.8, 4) is 0 Å². The first-order chi connectivity index (χ1) is 10.3. The van der Waals surface area contributed by atoms with E-state index in [0.29, 0.717) is 18.5 Å². The van der Waals surface area contributed by atoms with Crippen LogP contribution < -0.4 is 0 Å². The minimum absolute atomic E-state index is 0.0688. The molecule has 3 nitrogen and oxygen atoms in total. The van der Waals surface area contributed by atoms with Crippen molar-refractivity contribution in [2.75, 3.05) is 39.8 Å². The van der Waals surface area contributed by atoms with E-state index in [1.165, 1.54) is 0 Å². The lowest BCUT2D eigenvalue weighted by atomic mass is 9.94. The zero-order valence-electron chi connectivity index (χ0n) is 14.7. The lowest BCUT2D eigenvalue weighted by Gasteiger charge is -2.47. The summed E-state index contributed by atoms with van der Waals surface area (Å²) in [6, 6.07) is 0.282. The van der Waals surface area contributed by atoms with Gasteiger partial charge in [0.25, 0.3) is 5.92 Å². The van der Waals surface area contributed by atoms with Crippen LogP contribution in [-0.2, 0) is 0 Å². The van der Waals surface area contributed by atoms with Crippen molar-refractivity contribution < 1.29 is 8.78 Å². The second-order valence-corrected chi connectivity index (χ2v) is 7.37. The Bertz CT molecular complexity index is 341. The maximum absolute atomic E-state index is 14.6. The van der Waals surface area contributed by atoms with E-state index in [-0.39, 0.29) is 6.54 Å². The summed E-state index contributed by atoms with van der Waals surface area (Å²) in [5, 5.41) is 0. The van der Waals surface area contributed by atoms with Crippen LogP contribution in [0.2, 0.25) is 0 Å². The topological polar surface area (TPSA) is 9.72 Å². The van der Waals surface area contributed by atoms with Gasteiger partial charge >= 0.3 is 0 Å². The van der Waals surface area contributed by atoms with Gasteiger partial charge in [-0.05, 0) is 66.2 Å². The fourth-order valence-electron chi connectivity index (χ4n) is 4.07. The Morgan fingerprint density at radius 2 is 1.77 bits per heavy atom. The molecule has 0 bridgehead atoms. The lowest BCUT2D eigenvalue weighted by Crippen LogP contribution is -2.60. The average Bonchev–Trinajstić information content (AvgIpc) is 2.46. The van der Waals surface area contributed by atoms with Crippen LogP contribution in [0.5, 0.6) is 0 Å². The number of hydrogen-bond donors (Lipinski definition) is 0. The van der Waals surface area contributed by atoms with Crippen LogP contribution in [0.4, 0.5) is 8.78 Å². The molecule has 0 amide bonds. The Morgan fingerprint density at radius 3 is 2.27 bits per heavy atom. The van der Waals surface area contributed by atoms with Crippen molar-refractivity contribution in [2.45, 2.75) is 70.5 Å². The second-order valence-electron chi connectivity index (χ2n) is 7.37. The second kappa shape index (κ2) is 7.54. The maximum Gasteiger partial charge on any atom is 0.275 e. The molecule has 130 valence electrons. The molecule has 1 atom stereocenters. The monoisotopic (exact) mass is 317 g/mol. The minimum atomic E-state index is -2.59. The van der Waals surface area contributed by atoms with Gasteiger partial charge in [0.2, 0.25) is 0 Å². The molecule has 0 radical (unpaired) electrons. The molecule has 1 unspecified atom stereocenters. The Hall–Kier alpha value is -0.260. The highest BCUT2D eigenvalue weighted by atomic mass is 19.3. The fourth-order valence-corrected chi connectivity index (χ4v) is 4.07. The minimum Gasteiger partial charge on any atom is -0.301 e. The molecule has 0 aromatic carbocycles. The number of likely N-dealkylation sites (tertiary alicyclic amines) is 2. The van der Waals surface area contributed by atoms with Crippen molar-refractivity contribution in [1.82, 2.24) is 14.7 Å². The number of alkyl halides is 2. The van der Waals surface area contributed by atoms with Crippen molar-refractivity contribution in [3.63, 3.8) is 0 Å². The van der Waals surface area contributed by atoms with Crippen molar-refractivity contribution in [2.24, 2.45) is 0 Å². The SMILES string of the molecule is CCCN1CCC(N(C)C2CCN(C(C)C)CC2)C(F)(F)C1. The summed E-state index contributed by atoms with van der Waals surface area (Å²) in [6.07, 6.45) is 3.57. The van der Waals surface area contributed by atoms with Gasteiger partial charge < -0.3 is 4.90 Å². The van der Waals surface area contributed by atoms with Crippen LogP contribution in [0.15, 0.2) is 0 Å². The number of nitrogens with zero attached hydrogens (tertiary/aromatic N) is 3. The Labute approximate surface area is 134 Å². The van der Waals surface area contributed by atoms with Gasteiger partial charge in [-0.1, -0.05) is 6.92 Å². The van der Waals surface area contributed by atoms with Crippen molar-refractivity contribution in [3.05, 3.63) is 0 Å². The van der Waals surface area contributed by atoms with E-state index in [0.717, 1.165) is 45.4 Å². The first-order valence-electron chi connectivity index (χ1n) is 8.91. The summed E-state index contributed by atoms with van der Waals surface area (Å²) in [4.78, 5) is 6.37. The average molecular weight is 317 g/mol. The third kappa shape index (κ3) is 4.18. The fraction of sp³-hybridized carbons (Fsp3) is 1.00. The zero-order valence-corrected chi connectivity index (χ0v) is 14.7. The summed E-state index contributed by atoms with van der Waals surface area (Å²) in [5.41, 5.74) is 0. The van der Waals surface area contributed by atoms with Crippen molar-refractivity contribution >= 4 is 0 Å². The van der Waals surface area contributed by atoms with Gasteiger partial charge in [-0.2, -0.15) is 0 Å². The highest BCUT2D eigenvalue weighted by molar-refractivity contribution is 4.95. The summed E-state index contributed by atoms with van der Waals surface area (Å²) in [5.74, 6) is -2.59. The molecule has 0 N–H and O–H groups in total. The predicted octanol–water partition coefficient (Wildman–Crippen LogP) is 2.91. The molecule has 5 heteroatoms. The Kier molecular flexibility index (Phi) is 6.20. The molecule has 2 aliphatic rings. The molecule has 2 saturated heterocycles. The van der Waals surface area contributed by atoms with Crippen LogP contribution in [-0.4, -0.2) is 78.5 Å². The molecule has 2 fully saturated rings. The van der Waals surface area contributed by atoms with E-state index in [4.69, 9.17) is 0 Å². The van der Waals surface area contributed by atoms with Crippen LogP contribution in [0.3, 0.4) is 0 Å². The smallest absolute Gasteiger partial charge is 0.275 e. The van der Waals surface area contributed by atoms with Gasteiger partial charge in [0, 0.05) is 18.6 Å². The van der Waals surface area contributed by atoms with Crippen LogP contribution in [0.25, 0.3) is 0 Å². The highest BCUT2D eigenvalue weighted by Gasteiger charge is 2.47. The lowest BCUT2D eigenvalue weighted by molar-refractivity contribution is -0.133. The van der Waals surface area contributed by atoms with Gasteiger partial charge in [-0.3, -0.25) is 9.80 Å². The first-order valence-corrected chi connectivity index (χ1v) is 8.91. The molecular formula is C17H33F2N3. The molecule has 2 aliphatic heterocycles. The number of rotatable bonds is 5. The van der Waals surface area contributed by atoms with E-state index in [2.05, 4.69) is 25.7 Å². The zero-order chi connectivity index (χ0) is 16.3. The van der Waals surface area contributed by atoms with E-state index >= 15 is 0 Å². The normalized spacial score (nSPS) is 28.6. The molecule has 2 heterocycles. The predicted molar refractivity (Wildman–Crippen MR) is 87.6 cm³/mol. The number of halogens is 2. The Morgan fingerprint density at radius 1 is 1.14 bits per heavy atom. The molecule has 0 aliphatic carbocycles. The first kappa shape index (κ1) is 18.1. The summed E-state index contributed by atoms with van der Waals surface area (Å²) in [7, 11) is 1.92. The molecule has 2 rings (SSSR count). The summed E-state index contributed by atoms with van der Waals surface area (Å²) in [6.45, 7) is 10.1. The largest absolute Gasteiger partial charge is 0.301 e. The maximum atomic E-state index is 14.6. The van der Waals surface area contributed by atoms with Crippen LogP contribution in [0.1, 0.15) is 46.5 Å². The third-order valence-electron chi connectivity index (χ3n) is 5.48. The highest BCUT2D eigenvalue weighted by Crippen LogP contribution is 2.33. The van der Waals surface area contributed by atoms with Gasteiger partial charge in [-0.15, -0.1) is 0 Å². The van der Waals surface area contributed by atoms with Gasteiger partial charge in [0.15, 0.2) is 0 Å². The Balaban J connectivity index is 1.91. The molecule has 22 heavy (non-hydrogen) atoms. The molecular weight excluding hydrogens is 284 g/mol. The van der Waals surface area contributed by atoms with Gasteiger partial charge in [-0.25, -0.2) is 8.78 Å².